The molecule has 0 N–H and O–H groups in total. The van der Waals surface area contributed by atoms with Crippen LogP contribution in [-0.4, -0.2) is 15.2 Å². The average molecular weight is 765 g/mol. The summed E-state index contributed by atoms with van der Waals surface area (Å²) in [5.74, 6) is 0.670. The van der Waals surface area contributed by atoms with E-state index >= 15 is 4.79 Å². The summed E-state index contributed by atoms with van der Waals surface area (Å²) >= 11 is 0. The number of carbonyl (C=O) groups is 1. The normalized spacial score (nSPS) is 20.2. The largest absolute Gasteiger partial charge is 0.306 e. The van der Waals surface area contributed by atoms with Gasteiger partial charge in [0.2, 0.25) is 0 Å². The molecule has 13 rings (SSSR count). The van der Waals surface area contributed by atoms with Gasteiger partial charge in [-0.25, -0.2) is 0 Å². The quantitative estimate of drug-likeness (QED) is 0.175. The van der Waals surface area contributed by atoms with Gasteiger partial charge in [0, 0.05) is 38.2 Å². The highest BCUT2D eigenvalue weighted by molar-refractivity contribution is 6.26. The van der Waals surface area contributed by atoms with Gasteiger partial charge < -0.3 is 4.40 Å². The summed E-state index contributed by atoms with van der Waals surface area (Å²) < 4.78 is 2.49. The van der Waals surface area contributed by atoms with Crippen LogP contribution in [0, 0.1) is 11.3 Å². The zero-order valence-electron chi connectivity index (χ0n) is 34.2. The summed E-state index contributed by atoms with van der Waals surface area (Å²) in [6.07, 6.45) is 10.6. The van der Waals surface area contributed by atoms with E-state index in [9.17, 15) is 0 Å². The number of fused-ring (bicyclic) bond motifs is 10. The Morgan fingerprint density at radius 1 is 0.593 bits per heavy atom. The minimum atomic E-state index is -0.292. The molecule has 3 heteroatoms. The molecule has 3 aromatic heterocycles. The standard InChI is InChI=1S/C56H48N2O/c1-34(2)56-25-23-55(3,24-26-56)47-31-43-44-29-39(30-46-52-40-21-13-14-22-48(40)57-33-50(52)58(53(44)46)49(43)32-45(47)54(56)59)51-41(36-17-9-5-10-18-36)27-38(35-15-7-4-8-16-35)28-42(51)37-19-11-6-12-20-37/h4-12,15-20,27-34H,13-14,21-26H2,1-3H3. The van der Waals surface area contributed by atoms with E-state index in [2.05, 4.69) is 159 Å². The Morgan fingerprint density at radius 3 is 1.85 bits per heavy atom. The third-order valence-corrected chi connectivity index (χ3v) is 15.3. The van der Waals surface area contributed by atoms with Crippen molar-refractivity contribution in [2.45, 2.75) is 77.6 Å². The van der Waals surface area contributed by atoms with Gasteiger partial charge in [-0.3, -0.25) is 9.78 Å². The van der Waals surface area contributed by atoms with Crippen molar-refractivity contribution in [2.24, 2.45) is 11.3 Å². The number of nitrogens with zero attached hydrogens (tertiary/aromatic N) is 2. The van der Waals surface area contributed by atoms with Gasteiger partial charge >= 0.3 is 0 Å². The van der Waals surface area contributed by atoms with Crippen molar-refractivity contribution in [3.63, 3.8) is 0 Å². The fraction of sp³-hybridized carbons (Fsp3) is 0.250. The SMILES string of the molecule is CC(C)C12CCC(C)(CC1)c1cc3c4cc(-c5c(-c6ccccc6)cc(-c6ccccc6)cc5-c5ccccc5)cc5c6c7c(ncc6n(c3cc1C2=O)c45)CCCC7. The molecular formula is C56H48N2O. The maximum absolute atomic E-state index is 15.0. The molecule has 0 radical (unpaired) electrons. The number of hydrogen-bond acceptors (Lipinski definition) is 2. The Hall–Kier alpha value is -6.06. The van der Waals surface area contributed by atoms with Crippen molar-refractivity contribution in [2.75, 3.05) is 0 Å². The molecule has 3 nitrogen and oxygen atoms in total. The van der Waals surface area contributed by atoms with Gasteiger partial charge in [0.05, 0.1) is 22.7 Å². The fourth-order valence-corrected chi connectivity index (χ4v) is 11.9. The molecule has 0 spiro atoms. The Kier molecular flexibility index (Phi) is 7.53. The van der Waals surface area contributed by atoms with Crippen LogP contribution in [0.3, 0.4) is 0 Å². The predicted octanol–water partition coefficient (Wildman–Crippen LogP) is 14.4. The summed E-state index contributed by atoms with van der Waals surface area (Å²) in [6, 6.07) is 47.3. The Bertz CT molecular complexity index is 3090. The molecule has 4 aliphatic carbocycles. The van der Waals surface area contributed by atoms with E-state index in [1.165, 1.54) is 101 Å². The van der Waals surface area contributed by atoms with Crippen LogP contribution in [0.2, 0.25) is 0 Å². The minimum absolute atomic E-state index is 0.0280. The van der Waals surface area contributed by atoms with Crippen LogP contribution in [0.1, 0.15) is 86.5 Å². The van der Waals surface area contributed by atoms with Crippen molar-refractivity contribution in [1.82, 2.24) is 9.38 Å². The first kappa shape index (κ1) is 34.9. The van der Waals surface area contributed by atoms with Crippen molar-refractivity contribution >= 4 is 43.9 Å². The highest BCUT2D eigenvalue weighted by Gasteiger charge is 2.52. The van der Waals surface area contributed by atoms with Crippen LogP contribution in [0.15, 0.2) is 134 Å². The summed E-state index contributed by atoms with van der Waals surface area (Å²) in [7, 11) is 0. The van der Waals surface area contributed by atoms with Crippen LogP contribution < -0.4 is 0 Å². The van der Waals surface area contributed by atoms with E-state index in [-0.39, 0.29) is 10.8 Å². The molecule has 59 heavy (non-hydrogen) atoms. The summed E-state index contributed by atoms with van der Waals surface area (Å²) in [4.78, 5) is 20.2. The van der Waals surface area contributed by atoms with Gasteiger partial charge in [0.15, 0.2) is 5.78 Å². The number of rotatable bonds is 5. The molecule has 0 amide bonds. The molecule has 0 atom stereocenters. The average Bonchev–Trinajstić information content (AvgIpc) is 3.75. The van der Waals surface area contributed by atoms with Gasteiger partial charge in [0.1, 0.15) is 0 Å². The molecule has 1 fully saturated rings. The number of carbonyl (C=O) groups excluding carboxylic acids is 1. The zero-order valence-corrected chi connectivity index (χ0v) is 34.2. The van der Waals surface area contributed by atoms with Gasteiger partial charge in [-0.2, -0.15) is 0 Å². The number of aryl methyl sites for hydroxylation is 2. The van der Waals surface area contributed by atoms with E-state index in [0.717, 1.165) is 55.1 Å². The fourth-order valence-electron chi connectivity index (χ4n) is 11.9. The first-order valence-corrected chi connectivity index (χ1v) is 21.9. The van der Waals surface area contributed by atoms with E-state index in [1.807, 2.05) is 0 Å². The Balaban J connectivity index is 1.24. The summed E-state index contributed by atoms with van der Waals surface area (Å²) in [5.41, 5.74) is 17.8. The van der Waals surface area contributed by atoms with E-state index < -0.39 is 0 Å². The molecule has 9 aromatic rings. The molecule has 0 saturated heterocycles. The number of Topliss-reactive ketones (excluding diaryl/α,β-unsaturated/α-hetero) is 1. The molecule has 6 aromatic carbocycles. The lowest BCUT2D eigenvalue weighted by molar-refractivity contribution is 0.0543. The Labute approximate surface area is 346 Å². The first-order chi connectivity index (χ1) is 28.8. The Morgan fingerprint density at radius 2 is 1.20 bits per heavy atom. The lowest BCUT2D eigenvalue weighted by atomic mass is 9.60. The first-order valence-electron chi connectivity index (χ1n) is 21.9. The second-order valence-corrected chi connectivity index (χ2v) is 18.6. The number of ketones is 1. The topological polar surface area (TPSA) is 34.4 Å². The second-order valence-electron chi connectivity index (χ2n) is 18.6. The zero-order chi connectivity index (χ0) is 39.6. The number of hydrogen-bond donors (Lipinski definition) is 0. The lowest BCUT2D eigenvalue weighted by Crippen LogP contribution is -2.39. The monoisotopic (exact) mass is 764 g/mol. The maximum Gasteiger partial charge on any atom is 0.169 e. The van der Waals surface area contributed by atoms with Crippen molar-refractivity contribution in [3.05, 3.63) is 156 Å². The predicted molar refractivity (Wildman–Crippen MR) is 245 cm³/mol. The van der Waals surface area contributed by atoms with Crippen LogP contribution in [0.5, 0.6) is 0 Å². The molecule has 3 heterocycles. The van der Waals surface area contributed by atoms with Gasteiger partial charge in [-0.1, -0.05) is 112 Å². The third-order valence-electron chi connectivity index (χ3n) is 15.3. The summed E-state index contributed by atoms with van der Waals surface area (Å²) in [6.45, 7) is 6.97. The number of pyridine rings is 1. The summed E-state index contributed by atoms with van der Waals surface area (Å²) in [5, 5.41) is 5.14. The van der Waals surface area contributed by atoms with Crippen molar-refractivity contribution in [1.29, 1.82) is 0 Å². The van der Waals surface area contributed by atoms with E-state index in [4.69, 9.17) is 4.98 Å². The van der Waals surface area contributed by atoms with Crippen LogP contribution >= 0.6 is 0 Å². The van der Waals surface area contributed by atoms with E-state index in [0.29, 0.717) is 11.7 Å². The van der Waals surface area contributed by atoms with Crippen LogP contribution in [0.25, 0.3) is 82.6 Å². The minimum Gasteiger partial charge on any atom is -0.306 e. The molecule has 2 bridgehead atoms. The molecular weight excluding hydrogens is 717 g/mol. The van der Waals surface area contributed by atoms with Gasteiger partial charge in [-0.15, -0.1) is 0 Å². The molecule has 4 aliphatic rings. The molecule has 1 saturated carbocycles. The van der Waals surface area contributed by atoms with E-state index in [1.54, 1.807) is 0 Å². The number of benzene rings is 6. The van der Waals surface area contributed by atoms with Crippen molar-refractivity contribution < 1.29 is 4.79 Å². The number of aromatic nitrogens is 2. The highest BCUT2D eigenvalue weighted by Crippen LogP contribution is 2.57. The van der Waals surface area contributed by atoms with Crippen LogP contribution in [0.4, 0.5) is 0 Å². The second kappa shape index (κ2) is 12.7. The molecule has 288 valence electrons. The molecule has 0 aliphatic heterocycles. The van der Waals surface area contributed by atoms with Crippen LogP contribution in [-0.2, 0) is 18.3 Å². The third kappa shape index (κ3) is 4.94. The van der Waals surface area contributed by atoms with Gasteiger partial charge in [-0.05, 0) is 155 Å². The molecule has 0 unspecified atom stereocenters. The smallest absolute Gasteiger partial charge is 0.169 e. The highest BCUT2D eigenvalue weighted by atomic mass is 16.1. The maximum atomic E-state index is 15.0. The van der Waals surface area contributed by atoms with Crippen molar-refractivity contribution in [3.8, 4) is 44.5 Å². The van der Waals surface area contributed by atoms with Gasteiger partial charge in [0.25, 0.3) is 0 Å². The lowest BCUT2D eigenvalue weighted by Gasteiger charge is -2.42.